The highest BCUT2D eigenvalue weighted by molar-refractivity contribution is 6.31. The Morgan fingerprint density at radius 2 is 2.13 bits per heavy atom. The smallest absolute Gasteiger partial charge is 0.267 e. The van der Waals surface area contributed by atoms with Gasteiger partial charge in [0.1, 0.15) is 11.6 Å². The van der Waals surface area contributed by atoms with Gasteiger partial charge < -0.3 is 16.0 Å². The standard InChI is InChI=1S/C16H20ClN5O/c17-14-2-1-3-15(10-14)20-16(23)13(11-19)12-22-8-6-21(5-4-18)7-9-22/h1-3,10,12H,4-9,18H2,(H,20,23)/b13-12-. The average Bonchev–Trinajstić information content (AvgIpc) is 2.54. The van der Waals surface area contributed by atoms with Gasteiger partial charge in [-0.1, -0.05) is 17.7 Å². The Morgan fingerprint density at radius 3 is 2.74 bits per heavy atom. The zero-order valence-corrected chi connectivity index (χ0v) is 13.6. The van der Waals surface area contributed by atoms with Crippen molar-refractivity contribution in [1.29, 1.82) is 5.26 Å². The molecule has 3 N–H and O–H groups in total. The Kier molecular flexibility index (Phi) is 6.41. The lowest BCUT2D eigenvalue weighted by atomic mass is 10.2. The van der Waals surface area contributed by atoms with E-state index in [-0.39, 0.29) is 5.57 Å². The van der Waals surface area contributed by atoms with Gasteiger partial charge in [0.05, 0.1) is 0 Å². The minimum absolute atomic E-state index is 0.0808. The predicted molar refractivity (Wildman–Crippen MR) is 90.8 cm³/mol. The summed E-state index contributed by atoms with van der Waals surface area (Å²) in [6.45, 7) is 4.81. The topological polar surface area (TPSA) is 85.4 Å². The number of amides is 1. The van der Waals surface area contributed by atoms with Crippen molar-refractivity contribution in [2.24, 2.45) is 5.73 Å². The Balaban J connectivity index is 1.96. The van der Waals surface area contributed by atoms with Crippen LogP contribution in [0.4, 0.5) is 5.69 Å². The lowest BCUT2D eigenvalue weighted by molar-refractivity contribution is -0.112. The van der Waals surface area contributed by atoms with Crippen molar-refractivity contribution in [3.8, 4) is 6.07 Å². The van der Waals surface area contributed by atoms with Gasteiger partial charge in [0, 0.05) is 56.2 Å². The Labute approximate surface area is 141 Å². The summed E-state index contributed by atoms with van der Waals surface area (Å²) in [6, 6.07) is 8.79. The fourth-order valence-electron chi connectivity index (χ4n) is 2.38. The number of rotatable bonds is 5. The van der Waals surface area contributed by atoms with E-state index in [0.29, 0.717) is 17.3 Å². The summed E-state index contributed by atoms with van der Waals surface area (Å²) in [4.78, 5) is 16.5. The molecule has 0 bridgehead atoms. The van der Waals surface area contributed by atoms with Crippen molar-refractivity contribution in [3.63, 3.8) is 0 Å². The summed E-state index contributed by atoms with van der Waals surface area (Å²) in [5, 5.41) is 12.5. The second kappa shape index (κ2) is 8.53. The van der Waals surface area contributed by atoms with Crippen molar-refractivity contribution in [2.45, 2.75) is 0 Å². The van der Waals surface area contributed by atoms with Crippen molar-refractivity contribution < 1.29 is 4.79 Å². The SMILES string of the molecule is N#C/C(=C/N1CCN(CCN)CC1)C(=O)Nc1cccc(Cl)c1. The summed E-state index contributed by atoms with van der Waals surface area (Å²) in [5.41, 5.74) is 6.19. The maximum absolute atomic E-state index is 12.2. The average molecular weight is 334 g/mol. The molecule has 1 aromatic rings. The summed E-state index contributed by atoms with van der Waals surface area (Å²) in [7, 11) is 0. The number of nitrogens with one attached hydrogen (secondary N) is 1. The normalized spacial score (nSPS) is 16.0. The molecule has 0 unspecified atom stereocenters. The second-order valence-electron chi connectivity index (χ2n) is 5.29. The maximum Gasteiger partial charge on any atom is 0.267 e. The molecule has 1 amide bonds. The summed E-state index contributed by atoms with van der Waals surface area (Å²) >= 11 is 5.88. The number of nitrogens with zero attached hydrogens (tertiary/aromatic N) is 3. The highest BCUT2D eigenvalue weighted by Gasteiger charge is 2.16. The number of halogens is 1. The van der Waals surface area contributed by atoms with E-state index >= 15 is 0 Å². The third kappa shape index (κ3) is 5.25. The first-order chi connectivity index (χ1) is 11.1. The number of hydrogen-bond donors (Lipinski definition) is 2. The van der Waals surface area contributed by atoms with Crippen LogP contribution in [0.25, 0.3) is 0 Å². The van der Waals surface area contributed by atoms with Crippen LogP contribution in [0, 0.1) is 11.3 Å². The highest BCUT2D eigenvalue weighted by atomic mass is 35.5. The van der Waals surface area contributed by atoms with Gasteiger partial charge in [-0.15, -0.1) is 0 Å². The van der Waals surface area contributed by atoms with Crippen LogP contribution in [0.5, 0.6) is 0 Å². The maximum atomic E-state index is 12.2. The van der Waals surface area contributed by atoms with Crippen molar-refractivity contribution in [2.75, 3.05) is 44.6 Å². The van der Waals surface area contributed by atoms with Gasteiger partial charge in [-0.25, -0.2) is 0 Å². The van der Waals surface area contributed by atoms with Crippen LogP contribution in [0.3, 0.4) is 0 Å². The molecule has 1 heterocycles. The fourth-order valence-corrected chi connectivity index (χ4v) is 2.57. The minimum Gasteiger partial charge on any atom is -0.374 e. The molecule has 0 radical (unpaired) electrons. The molecule has 122 valence electrons. The van der Waals surface area contributed by atoms with Crippen LogP contribution < -0.4 is 11.1 Å². The van der Waals surface area contributed by atoms with Crippen molar-refractivity contribution in [1.82, 2.24) is 9.80 Å². The van der Waals surface area contributed by atoms with Gasteiger partial charge in [-0.3, -0.25) is 9.69 Å². The lowest BCUT2D eigenvalue weighted by Crippen LogP contribution is -2.45. The van der Waals surface area contributed by atoms with Gasteiger partial charge in [-0.05, 0) is 18.2 Å². The first-order valence-corrected chi connectivity index (χ1v) is 7.85. The Hall–Kier alpha value is -2.07. The van der Waals surface area contributed by atoms with Gasteiger partial charge in [-0.2, -0.15) is 5.26 Å². The molecular weight excluding hydrogens is 314 g/mol. The first kappa shape index (κ1) is 17.3. The molecule has 0 aliphatic carbocycles. The monoisotopic (exact) mass is 333 g/mol. The molecule has 1 aromatic carbocycles. The van der Waals surface area contributed by atoms with Gasteiger partial charge >= 0.3 is 0 Å². The van der Waals surface area contributed by atoms with E-state index in [1.165, 1.54) is 0 Å². The number of nitriles is 1. The van der Waals surface area contributed by atoms with E-state index in [2.05, 4.69) is 10.2 Å². The molecule has 0 saturated carbocycles. The van der Waals surface area contributed by atoms with Crippen LogP contribution in [-0.4, -0.2) is 55.0 Å². The third-order valence-corrected chi connectivity index (χ3v) is 3.85. The molecule has 1 saturated heterocycles. The zero-order valence-electron chi connectivity index (χ0n) is 12.8. The molecular formula is C16H20ClN5O. The van der Waals surface area contributed by atoms with Crippen LogP contribution in [0.15, 0.2) is 36.0 Å². The van der Waals surface area contributed by atoms with Crippen LogP contribution >= 0.6 is 11.6 Å². The van der Waals surface area contributed by atoms with E-state index in [0.717, 1.165) is 32.7 Å². The minimum atomic E-state index is -0.431. The van der Waals surface area contributed by atoms with E-state index in [4.69, 9.17) is 17.3 Å². The summed E-state index contributed by atoms with van der Waals surface area (Å²) in [6.07, 6.45) is 1.62. The molecule has 1 aliphatic heterocycles. The summed E-state index contributed by atoms with van der Waals surface area (Å²) < 4.78 is 0. The zero-order chi connectivity index (χ0) is 16.7. The van der Waals surface area contributed by atoms with Gasteiger partial charge in [0.2, 0.25) is 0 Å². The van der Waals surface area contributed by atoms with Crippen molar-refractivity contribution in [3.05, 3.63) is 41.1 Å². The van der Waals surface area contributed by atoms with Gasteiger partial charge in [0.25, 0.3) is 5.91 Å². The van der Waals surface area contributed by atoms with Gasteiger partial charge in [0.15, 0.2) is 0 Å². The molecule has 1 fully saturated rings. The molecule has 0 aromatic heterocycles. The van der Waals surface area contributed by atoms with Crippen LogP contribution in [-0.2, 0) is 4.79 Å². The molecule has 6 nitrogen and oxygen atoms in total. The molecule has 0 atom stereocenters. The molecule has 7 heteroatoms. The van der Waals surface area contributed by atoms with E-state index in [9.17, 15) is 10.1 Å². The number of carbonyl (C=O) groups excluding carboxylic acids is 1. The van der Waals surface area contributed by atoms with Crippen molar-refractivity contribution >= 4 is 23.2 Å². The number of hydrogen-bond acceptors (Lipinski definition) is 5. The number of anilines is 1. The highest BCUT2D eigenvalue weighted by Crippen LogP contribution is 2.16. The van der Waals surface area contributed by atoms with E-state index in [1.54, 1.807) is 30.5 Å². The molecule has 2 rings (SSSR count). The van der Waals surface area contributed by atoms with Crippen LogP contribution in [0.2, 0.25) is 5.02 Å². The third-order valence-electron chi connectivity index (χ3n) is 3.61. The molecule has 0 spiro atoms. The van der Waals surface area contributed by atoms with E-state index < -0.39 is 5.91 Å². The largest absolute Gasteiger partial charge is 0.374 e. The molecule has 1 aliphatic rings. The number of piperazine rings is 1. The summed E-state index contributed by atoms with van der Waals surface area (Å²) in [5.74, 6) is -0.431. The molecule has 23 heavy (non-hydrogen) atoms. The fraction of sp³-hybridized carbons (Fsp3) is 0.375. The quantitative estimate of drug-likeness (QED) is 0.626. The van der Waals surface area contributed by atoms with Crippen LogP contribution in [0.1, 0.15) is 0 Å². The number of nitrogens with two attached hydrogens (primary N) is 1. The Bertz CT molecular complexity index is 617. The lowest BCUT2D eigenvalue weighted by Gasteiger charge is -2.33. The van der Waals surface area contributed by atoms with E-state index in [1.807, 2.05) is 11.0 Å². The number of carbonyl (C=O) groups is 1. The first-order valence-electron chi connectivity index (χ1n) is 7.47. The second-order valence-corrected chi connectivity index (χ2v) is 5.72. The Morgan fingerprint density at radius 1 is 1.39 bits per heavy atom. The number of benzene rings is 1. The predicted octanol–water partition coefficient (Wildman–Crippen LogP) is 1.26.